The van der Waals surface area contributed by atoms with Crippen LogP contribution in [0.15, 0.2) is 71.8 Å². The number of carbonyl (C=O) groups is 1. The molecule has 0 aliphatic rings. The number of aryl methyl sites for hydroxylation is 1. The molecule has 0 aromatic heterocycles. The van der Waals surface area contributed by atoms with Crippen molar-refractivity contribution >= 4 is 12.1 Å². The summed E-state index contributed by atoms with van der Waals surface area (Å²) < 4.78 is 16.5. The molecule has 6 heteroatoms. The quantitative estimate of drug-likeness (QED) is 0.448. The van der Waals surface area contributed by atoms with Gasteiger partial charge in [-0.1, -0.05) is 36.4 Å². The predicted molar refractivity (Wildman–Crippen MR) is 117 cm³/mol. The molecule has 0 aliphatic carbocycles. The number of hydrogen-bond donors (Lipinski definition) is 1. The lowest BCUT2D eigenvalue weighted by Crippen LogP contribution is -2.18. The van der Waals surface area contributed by atoms with E-state index < -0.39 is 0 Å². The van der Waals surface area contributed by atoms with Crippen LogP contribution in [0, 0.1) is 6.92 Å². The highest BCUT2D eigenvalue weighted by Gasteiger charge is 2.11. The lowest BCUT2D eigenvalue weighted by atomic mass is 10.1. The maximum absolute atomic E-state index is 12.4. The number of rotatable bonds is 8. The van der Waals surface area contributed by atoms with E-state index in [2.05, 4.69) is 10.5 Å². The van der Waals surface area contributed by atoms with Gasteiger partial charge in [0.15, 0.2) is 11.5 Å². The van der Waals surface area contributed by atoms with Crippen molar-refractivity contribution in [1.82, 2.24) is 5.43 Å². The fourth-order valence-corrected chi connectivity index (χ4v) is 2.83. The number of carbonyl (C=O) groups excluding carboxylic acids is 1. The highest BCUT2D eigenvalue weighted by molar-refractivity contribution is 5.97. The van der Waals surface area contributed by atoms with E-state index in [0.29, 0.717) is 29.4 Å². The van der Waals surface area contributed by atoms with E-state index >= 15 is 0 Å². The second-order valence-corrected chi connectivity index (χ2v) is 6.59. The van der Waals surface area contributed by atoms with Crippen LogP contribution in [0.4, 0.5) is 0 Å². The van der Waals surface area contributed by atoms with Gasteiger partial charge in [-0.25, -0.2) is 5.43 Å². The van der Waals surface area contributed by atoms with E-state index in [4.69, 9.17) is 14.2 Å². The molecule has 154 valence electrons. The number of amides is 1. The van der Waals surface area contributed by atoms with E-state index in [1.807, 2.05) is 55.5 Å². The van der Waals surface area contributed by atoms with Crippen molar-refractivity contribution in [1.29, 1.82) is 0 Å². The largest absolute Gasteiger partial charge is 0.496 e. The van der Waals surface area contributed by atoms with Gasteiger partial charge in [0, 0.05) is 0 Å². The third kappa shape index (κ3) is 5.38. The average Bonchev–Trinajstić information content (AvgIpc) is 2.78. The molecule has 0 heterocycles. The number of methoxy groups -OCH3 is 2. The van der Waals surface area contributed by atoms with Gasteiger partial charge in [0.25, 0.3) is 5.91 Å². The first-order valence-corrected chi connectivity index (χ1v) is 9.43. The van der Waals surface area contributed by atoms with Crippen LogP contribution in [-0.4, -0.2) is 26.3 Å². The summed E-state index contributed by atoms with van der Waals surface area (Å²) in [5, 5.41) is 4.05. The summed E-state index contributed by atoms with van der Waals surface area (Å²) in [5.74, 6) is 1.37. The van der Waals surface area contributed by atoms with E-state index in [9.17, 15) is 4.79 Å². The van der Waals surface area contributed by atoms with Crippen LogP contribution in [0.1, 0.15) is 27.0 Å². The first-order chi connectivity index (χ1) is 14.6. The van der Waals surface area contributed by atoms with Crippen molar-refractivity contribution in [3.8, 4) is 17.2 Å². The van der Waals surface area contributed by atoms with Crippen molar-refractivity contribution < 1.29 is 19.0 Å². The highest BCUT2D eigenvalue weighted by Crippen LogP contribution is 2.28. The van der Waals surface area contributed by atoms with Gasteiger partial charge in [-0.15, -0.1) is 0 Å². The Labute approximate surface area is 176 Å². The minimum atomic E-state index is -0.350. The van der Waals surface area contributed by atoms with Crippen molar-refractivity contribution in [2.24, 2.45) is 5.10 Å². The van der Waals surface area contributed by atoms with Crippen LogP contribution >= 0.6 is 0 Å². The maximum Gasteiger partial charge on any atom is 0.275 e. The lowest BCUT2D eigenvalue weighted by molar-refractivity contribution is 0.0952. The van der Waals surface area contributed by atoms with Crippen molar-refractivity contribution in [3.63, 3.8) is 0 Å². The minimum Gasteiger partial charge on any atom is -0.496 e. The molecule has 0 aliphatic heterocycles. The van der Waals surface area contributed by atoms with Gasteiger partial charge in [-0.05, 0) is 53.9 Å². The van der Waals surface area contributed by atoms with Crippen LogP contribution in [0.3, 0.4) is 0 Å². The van der Waals surface area contributed by atoms with Gasteiger partial charge >= 0.3 is 0 Å². The Morgan fingerprint density at radius 3 is 2.43 bits per heavy atom. The summed E-state index contributed by atoms with van der Waals surface area (Å²) >= 11 is 0. The normalized spacial score (nSPS) is 10.6. The molecule has 0 saturated carbocycles. The Morgan fingerprint density at radius 1 is 0.933 bits per heavy atom. The first kappa shape index (κ1) is 20.9. The molecule has 0 atom stereocenters. The van der Waals surface area contributed by atoms with E-state index in [-0.39, 0.29) is 5.91 Å². The van der Waals surface area contributed by atoms with Gasteiger partial charge in [0.05, 0.1) is 26.0 Å². The number of hydrogen-bond acceptors (Lipinski definition) is 5. The topological polar surface area (TPSA) is 69.2 Å². The summed E-state index contributed by atoms with van der Waals surface area (Å²) in [7, 11) is 3.12. The van der Waals surface area contributed by atoms with Gasteiger partial charge in [-0.3, -0.25) is 4.79 Å². The van der Waals surface area contributed by atoms with Gasteiger partial charge < -0.3 is 14.2 Å². The molecule has 0 radical (unpaired) electrons. The zero-order valence-corrected chi connectivity index (χ0v) is 17.2. The number of nitrogens with zero attached hydrogens (tertiary/aromatic N) is 1. The van der Waals surface area contributed by atoms with Crippen molar-refractivity contribution in [2.75, 3.05) is 14.2 Å². The number of hydrazone groups is 1. The monoisotopic (exact) mass is 404 g/mol. The molecule has 1 amide bonds. The Morgan fingerprint density at radius 2 is 1.70 bits per heavy atom. The van der Waals surface area contributed by atoms with E-state index in [0.717, 1.165) is 16.7 Å². The number of benzene rings is 3. The molecule has 0 spiro atoms. The van der Waals surface area contributed by atoms with Crippen LogP contribution < -0.4 is 19.6 Å². The summed E-state index contributed by atoms with van der Waals surface area (Å²) in [6.07, 6.45) is 1.55. The molecular formula is C24H24N2O4. The van der Waals surface area contributed by atoms with Crippen molar-refractivity contribution in [2.45, 2.75) is 13.5 Å². The average molecular weight is 404 g/mol. The molecule has 6 nitrogen and oxygen atoms in total. The van der Waals surface area contributed by atoms with Gasteiger partial charge in [0.1, 0.15) is 12.4 Å². The second-order valence-electron chi connectivity index (χ2n) is 6.59. The lowest BCUT2D eigenvalue weighted by Gasteiger charge is -2.11. The molecule has 3 aromatic rings. The van der Waals surface area contributed by atoms with Crippen LogP contribution in [0.2, 0.25) is 0 Å². The summed E-state index contributed by atoms with van der Waals surface area (Å²) in [6, 6.07) is 20.7. The Hall–Kier alpha value is -3.80. The van der Waals surface area contributed by atoms with E-state index in [1.165, 1.54) is 7.11 Å². The van der Waals surface area contributed by atoms with Crippen molar-refractivity contribution in [3.05, 3.63) is 89.0 Å². The summed E-state index contributed by atoms with van der Waals surface area (Å²) in [4.78, 5) is 12.4. The third-order valence-corrected chi connectivity index (χ3v) is 4.41. The zero-order chi connectivity index (χ0) is 21.3. The molecule has 1 N–H and O–H groups in total. The summed E-state index contributed by atoms with van der Waals surface area (Å²) in [6.45, 7) is 2.35. The fourth-order valence-electron chi connectivity index (χ4n) is 2.83. The SMILES string of the molecule is COc1ccc(/C=N\NC(=O)c2ccc(C)cc2OC)cc1OCc1ccccc1. The smallest absolute Gasteiger partial charge is 0.275 e. The Balaban J connectivity index is 1.68. The zero-order valence-electron chi connectivity index (χ0n) is 17.2. The third-order valence-electron chi connectivity index (χ3n) is 4.41. The number of nitrogens with one attached hydrogen (secondary N) is 1. The van der Waals surface area contributed by atoms with Crippen LogP contribution in [-0.2, 0) is 6.61 Å². The van der Waals surface area contributed by atoms with E-state index in [1.54, 1.807) is 31.5 Å². The predicted octanol–water partition coefficient (Wildman–Crippen LogP) is 4.36. The maximum atomic E-state index is 12.4. The molecule has 3 rings (SSSR count). The van der Waals surface area contributed by atoms with Gasteiger partial charge in [-0.2, -0.15) is 5.10 Å². The first-order valence-electron chi connectivity index (χ1n) is 9.43. The number of ether oxygens (including phenoxy) is 3. The molecule has 0 unspecified atom stereocenters. The molecule has 0 bridgehead atoms. The minimum absolute atomic E-state index is 0.350. The van der Waals surface area contributed by atoms with Crippen LogP contribution in [0.5, 0.6) is 17.2 Å². The van der Waals surface area contributed by atoms with Crippen LogP contribution in [0.25, 0.3) is 0 Å². The molecule has 30 heavy (non-hydrogen) atoms. The Bertz CT molecular complexity index is 1030. The highest BCUT2D eigenvalue weighted by atomic mass is 16.5. The molecule has 0 fully saturated rings. The molecular weight excluding hydrogens is 380 g/mol. The molecule has 3 aromatic carbocycles. The second kappa shape index (κ2) is 10.1. The molecule has 0 saturated heterocycles. The van der Waals surface area contributed by atoms with Gasteiger partial charge in [0.2, 0.25) is 0 Å². The fraction of sp³-hybridized carbons (Fsp3) is 0.167. The summed E-state index contributed by atoms with van der Waals surface area (Å²) in [5.41, 5.74) is 5.76. The Kier molecular flexibility index (Phi) is 7.05. The standard InChI is InChI=1S/C24H24N2O4/c1-17-9-11-20(22(13-17)29-3)24(27)26-25-15-19-10-12-21(28-2)23(14-19)30-16-18-7-5-4-6-8-18/h4-15H,16H2,1-3H3,(H,26,27)/b25-15-.